The van der Waals surface area contributed by atoms with Crippen molar-refractivity contribution in [2.24, 2.45) is 0 Å². The third-order valence-electron chi connectivity index (χ3n) is 4.13. The highest BCUT2D eigenvalue weighted by Gasteiger charge is 2.33. The Hall–Kier alpha value is -1.78. The van der Waals surface area contributed by atoms with Gasteiger partial charge in [-0.15, -0.1) is 0 Å². The van der Waals surface area contributed by atoms with Gasteiger partial charge in [0.05, 0.1) is 12.0 Å². The van der Waals surface area contributed by atoms with E-state index in [0.29, 0.717) is 36.5 Å². The Morgan fingerprint density at radius 3 is 2.68 bits per heavy atom. The molecule has 0 spiro atoms. The molecule has 1 fully saturated rings. The van der Waals surface area contributed by atoms with E-state index in [1.807, 2.05) is 0 Å². The zero-order valence-electron chi connectivity index (χ0n) is 15.9. The van der Waals surface area contributed by atoms with Crippen LogP contribution in [-0.2, 0) is 16.2 Å². The molecular formula is C20H14BrCl2NO5S2. The van der Waals surface area contributed by atoms with E-state index >= 15 is 0 Å². The average Bonchev–Trinajstić information content (AvgIpc) is 2.96. The van der Waals surface area contributed by atoms with Crippen LogP contribution in [0.25, 0.3) is 6.08 Å². The molecule has 0 bridgehead atoms. The monoisotopic (exact) mass is 561 g/mol. The van der Waals surface area contributed by atoms with Crippen LogP contribution in [0.1, 0.15) is 11.1 Å². The largest absolute Gasteiger partial charge is 0.493 e. The topological polar surface area (TPSA) is 76.1 Å². The first kappa shape index (κ1) is 23.9. The number of halogens is 3. The van der Waals surface area contributed by atoms with Gasteiger partial charge in [0.1, 0.15) is 17.5 Å². The van der Waals surface area contributed by atoms with E-state index in [0.717, 1.165) is 22.2 Å². The smallest absolute Gasteiger partial charge is 0.323 e. The summed E-state index contributed by atoms with van der Waals surface area (Å²) in [4.78, 5) is 24.8. The minimum Gasteiger partial charge on any atom is -0.493 e. The van der Waals surface area contributed by atoms with Crippen LogP contribution < -0.4 is 9.47 Å². The lowest BCUT2D eigenvalue weighted by molar-refractivity contribution is -0.140. The minimum absolute atomic E-state index is 0.196. The number of carbonyl (C=O) groups is 2. The summed E-state index contributed by atoms with van der Waals surface area (Å²) < 4.78 is 12.1. The van der Waals surface area contributed by atoms with Crippen molar-refractivity contribution in [3.8, 4) is 11.5 Å². The number of carboxylic acids is 1. The molecule has 1 N–H and O–H groups in total. The summed E-state index contributed by atoms with van der Waals surface area (Å²) in [5.74, 6) is -0.680. The molecule has 1 aliphatic heterocycles. The van der Waals surface area contributed by atoms with Crippen molar-refractivity contribution in [3.05, 3.63) is 60.9 Å². The SMILES string of the molecule is COc1cc(C=C2SC(=S)N(CC(=O)O)C2=O)c(Br)cc1OCc1ccc(Cl)cc1Cl. The molecule has 0 aromatic heterocycles. The van der Waals surface area contributed by atoms with Gasteiger partial charge in [0.25, 0.3) is 5.91 Å². The fraction of sp³-hybridized carbons (Fsp3) is 0.150. The molecule has 31 heavy (non-hydrogen) atoms. The summed E-state index contributed by atoms with van der Waals surface area (Å²) in [6, 6.07) is 8.56. The predicted octanol–water partition coefficient (Wildman–Crippen LogP) is 5.63. The van der Waals surface area contributed by atoms with Gasteiger partial charge in [-0.05, 0) is 35.9 Å². The highest BCUT2D eigenvalue weighted by Crippen LogP contribution is 2.38. The number of hydrogen-bond acceptors (Lipinski definition) is 6. The third-order valence-corrected chi connectivity index (χ3v) is 6.79. The number of amides is 1. The van der Waals surface area contributed by atoms with Gasteiger partial charge in [-0.2, -0.15) is 0 Å². The van der Waals surface area contributed by atoms with Crippen LogP contribution in [0.15, 0.2) is 39.7 Å². The Bertz CT molecular complexity index is 1110. The second-order valence-corrected chi connectivity index (χ2v) is 9.58. The van der Waals surface area contributed by atoms with Crippen LogP contribution >= 0.6 is 63.1 Å². The number of benzene rings is 2. The number of methoxy groups -OCH3 is 1. The van der Waals surface area contributed by atoms with Crippen molar-refractivity contribution in [2.75, 3.05) is 13.7 Å². The van der Waals surface area contributed by atoms with Crippen LogP contribution in [-0.4, -0.2) is 39.9 Å². The number of thiocarbonyl (C=S) groups is 1. The summed E-state index contributed by atoms with van der Waals surface area (Å²) in [6.07, 6.45) is 1.62. The zero-order chi connectivity index (χ0) is 22.7. The number of ether oxygens (including phenoxy) is 2. The van der Waals surface area contributed by atoms with E-state index in [9.17, 15) is 9.59 Å². The molecule has 6 nitrogen and oxygen atoms in total. The quantitative estimate of drug-likeness (QED) is 0.346. The van der Waals surface area contributed by atoms with E-state index in [2.05, 4.69) is 15.9 Å². The third kappa shape index (κ3) is 5.72. The molecule has 1 aliphatic rings. The van der Waals surface area contributed by atoms with Crippen molar-refractivity contribution in [3.63, 3.8) is 0 Å². The molecule has 1 amide bonds. The first-order chi connectivity index (χ1) is 14.7. The van der Waals surface area contributed by atoms with Crippen LogP contribution in [0.3, 0.4) is 0 Å². The molecule has 1 heterocycles. The molecular weight excluding hydrogens is 549 g/mol. The Morgan fingerprint density at radius 1 is 1.29 bits per heavy atom. The summed E-state index contributed by atoms with van der Waals surface area (Å²) in [6.45, 7) is -0.279. The van der Waals surface area contributed by atoms with Crippen molar-refractivity contribution in [2.45, 2.75) is 6.61 Å². The fourth-order valence-corrected chi connectivity index (χ4v) is 4.79. The highest BCUT2D eigenvalue weighted by molar-refractivity contribution is 9.10. The highest BCUT2D eigenvalue weighted by atomic mass is 79.9. The number of aliphatic carboxylic acids is 1. The van der Waals surface area contributed by atoms with Gasteiger partial charge in [-0.3, -0.25) is 14.5 Å². The Labute approximate surface area is 206 Å². The maximum atomic E-state index is 12.5. The second kappa shape index (κ2) is 10.2. The van der Waals surface area contributed by atoms with Crippen molar-refractivity contribution in [1.82, 2.24) is 4.90 Å². The van der Waals surface area contributed by atoms with Crippen molar-refractivity contribution < 1.29 is 24.2 Å². The Kier molecular flexibility index (Phi) is 7.87. The fourth-order valence-electron chi connectivity index (χ4n) is 2.64. The maximum absolute atomic E-state index is 12.5. The lowest BCUT2D eigenvalue weighted by Crippen LogP contribution is -2.33. The molecule has 2 aromatic rings. The number of thioether (sulfide) groups is 1. The van der Waals surface area contributed by atoms with Crippen LogP contribution in [0, 0.1) is 0 Å². The molecule has 1 saturated heterocycles. The molecule has 2 aromatic carbocycles. The number of nitrogens with zero attached hydrogens (tertiary/aromatic N) is 1. The molecule has 3 rings (SSSR count). The lowest BCUT2D eigenvalue weighted by Gasteiger charge is -2.14. The maximum Gasteiger partial charge on any atom is 0.323 e. The van der Waals surface area contributed by atoms with E-state index < -0.39 is 18.4 Å². The van der Waals surface area contributed by atoms with Crippen LogP contribution in [0.2, 0.25) is 10.0 Å². The second-order valence-electron chi connectivity index (χ2n) is 6.21. The minimum atomic E-state index is -1.14. The zero-order valence-corrected chi connectivity index (χ0v) is 20.6. The molecule has 0 saturated carbocycles. The van der Waals surface area contributed by atoms with Gasteiger partial charge < -0.3 is 14.6 Å². The molecule has 162 valence electrons. The normalized spacial score (nSPS) is 15.0. The summed E-state index contributed by atoms with van der Waals surface area (Å²) >= 11 is 21.7. The number of carboxylic acid groups (broad SMARTS) is 1. The van der Waals surface area contributed by atoms with Gasteiger partial charge in [0.2, 0.25) is 0 Å². The lowest BCUT2D eigenvalue weighted by atomic mass is 10.1. The van der Waals surface area contributed by atoms with E-state index in [4.69, 9.17) is 50.0 Å². The molecule has 0 radical (unpaired) electrons. The predicted molar refractivity (Wildman–Crippen MR) is 129 cm³/mol. The van der Waals surface area contributed by atoms with E-state index in [1.165, 1.54) is 7.11 Å². The van der Waals surface area contributed by atoms with E-state index in [-0.39, 0.29) is 10.9 Å². The van der Waals surface area contributed by atoms with Crippen molar-refractivity contribution >= 4 is 85.4 Å². The van der Waals surface area contributed by atoms with Gasteiger partial charge in [-0.1, -0.05) is 69.2 Å². The van der Waals surface area contributed by atoms with Gasteiger partial charge in [0, 0.05) is 20.1 Å². The number of rotatable bonds is 7. The first-order valence-corrected chi connectivity index (χ1v) is 11.4. The molecule has 11 heteroatoms. The summed E-state index contributed by atoms with van der Waals surface area (Å²) in [5.41, 5.74) is 1.40. The van der Waals surface area contributed by atoms with Gasteiger partial charge in [0.15, 0.2) is 11.5 Å². The molecule has 0 aliphatic carbocycles. The Balaban J connectivity index is 1.84. The first-order valence-electron chi connectivity index (χ1n) is 8.61. The summed E-state index contributed by atoms with van der Waals surface area (Å²) in [7, 11) is 1.50. The summed E-state index contributed by atoms with van der Waals surface area (Å²) in [5, 5.41) is 9.98. The molecule has 0 unspecified atom stereocenters. The number of carbonyl (C=O) groups excluding carboxylic acids is 1. The molecule has 0 atom stereocenters. The standard InChI is InChI=1S/C20H14BrCl2NO5S2/c1-28-15-4-11(5-17-19(27)24(8-18(25)26)20(30)31-17)13(21)7-16(15)29-9-10-2-3-12(22)6-14(10)23/h2-7H,8-9H2,1H3,(H,25,26). The number of hydrogen-bond donors (Lipinski definition) is 1. The van der Waals surface area contributed by atoms with Crippen LogP contribution in [0.4, 0.5) is 0 Å². The van der Waals surface area contributed by atoms with Gasteiger partial charge in [-0.25, -0.2) is 0 Å². The van der Waals surface area contributed by atoms with Crippen molar-refractivity contribution in [1.29, 1.82) is 0 Å². The van der Waals surface area contributed by atoms with E-state index in [1.54, 1.807) is 36.4 Å². The van der Waals surface area contributed by atoms with Gasteiger partial charge >= 0.3 is 5.97 Å². The average molecular weight is 563 g/mol. The Morgan fingerprint density at radius 2 is 2.03 bits per heavy atom. The van der Waals surface area contributed by atoms with Crippen LogP contribution in [0.5, 0.6) is 11.5 Å².